The lowest BCUT2D eigenvalue weighted by molar-refractivity contribution is 0.922. The standard InChI is InChI=1S/C38H32N6S3/c39-35-33(29-17-19-31(45-29)43-25-13-5-1-9-21(25)22-10-2-6-14-26(22)43)37-38(42-47-41-37)34(36(35)40)30-18-20-32(46-30)44-27-15-7-3-11-23(27)24-12-4-8-16-28(24)44/h5-8,13-20H,1-4,9-12,39-40H2. The third-order valence-electron chi connectivity index (χ3n) is 10.2. The average molecular weight is 669 g/mol. The van der Waals surface area contributed by atoms with Crippen molar-refractivity contribution < 1.29 is 0 Å². The summed E-state index contributed by atoms with van der Waals surface area (Å²) in [5, 5.41) is 2.36. The summed E-state index contributed by atoms with van der Waals surface area (Å²) >= 11 is 4.71. The molecule has 9 heteroatoms. The molecule has 4 aliphatic carbocycles. The van der Waals surface area contributed by atoms with Crippen molar-refractivity contribution in [2.45, 2.75) is 51.4 Å². The summed E-state index contributed by atoms with van der Waals surface area (Å²) in [5.41, 5.74) is 29.8. The number of thiophene rings is 2. The van der Waals surface area contributed by atoms with Gasteiger partial charge in [0, 0.05) is 20.9 Å². The van der Waals surface area contributed by atoms with E-state index in [4.69, 9.17) is 20.2 Å². The molecule has 232 valence electrons. The van der Waals surface area contributed by atoms with Gasteiger partial charge in [0.1, 0.15) is 21.0 Å². The van der Waals surface area contributed by atoms with Gasteiger partial charge < -0.3 is 20.6 Å². The van der Waals surface area contributed by atoms with Gasteiger partial charge in [-0.2, -0.15) is 8.75 Å². The fraction of sp³-hybridized carbons (Fsp3) is 0.211. The number of benzene rings is 1. The Balaban J connectivity index is 1.09. The molecule has 6 aromatic rings. The zero-order valence-corrected chi connectivity index (χ0v) is 28.2. The lowest BCUT2D eigenvalue weighted by atomic mass is 9.94. The molecule has 0 aliphatic heterocycles. The molecule has 10 rings (SSSR count). The van der Waals surface area contributed by atoms with E-state index in [1.807, 2.05) is 0 Å². The average Bonchev–Trinajstić information content (AvgIpc) is 3.95. The van der Waals surface area contributed by atoms with Gasteiger partial charge in [-0.25, -0.2) is 0 Å². The summed E-state index contributed by atoms with van der Waals surface area (Å²) in [6, 6.07) is 8.77. The predicted octanol–water partition coefficient (Wildman–Crippen LogP) is 9.73. The van der Waals surface area contributed by atoms with Crippen LogP contribution in [0.3, 0.4) is 0 Å². The molecule has 47 heavy (non-hydrogen) atoms. The largest absolute Gasteiger partial charge is 0.396 e. The molecule has 4 N–H and O–H groups in total. The molecule has 0 fully saturated rings. The van der Waals surface area contributed by atoms with Gasteiger partial charge in [-0.15, -0.1) is 22.7 Å². The van der Waals surface area contributed by atoms with E-state index < -0.39 is 0 Å². The maximum absolute atomic E-state index is 6.98. The van der Waals surface area contributed by atoms with Crippen LogP contribution in [0.25, 0.3) is 66.2 Å². The van der Waals surface area contributed by atoms with Gasteiger partial charge in [0.05, 0.1) is 45.9 Å². The number of rotatable bonds is 4. The Kier molecular flexibility index (Phi) is 6.20. The number of nitrogens with zero attached hydrogens (tertiary/aromatic N) is 4. The van der Waals surface area contributed by atoms with E-state index in [-0.39, 0.29) is 0 Å². The fourth-order valence-electron chi connectivity index (χ4n) is 8.10. The first kappa shape index (κ1) is 27.7. The third-order valence-corrected chi connectivity index (χ3v) is 12.9. The molecule has 0 amide bonds. The van der Waals surface area contributed by atoms with Crippen LogP contribution in [0, 0.1) is 0 Å². The first-order valence-corrected chi connectivity index (χ1v) is 18.8. The monoisotopic (exact) mass is 668 g/mol. The van der Waals surface area contributed by atoms with Crippen LogP contribution < -0.4 is 11.5 Å². The highest BCUT2D eigenvalue weighted by Crippen LogP contribution is 2.49. The van der Waals surface area contributed by atoms with Crippen molar-refractivity contribution in [1.29, 1.82) is 0 Å². The molecule has 0 bridgehead atoms. The van der Waals surface area contributed by atoms with E-state index >= 15 is 0 Å². The number of hydrogen-bond donors (Lipinski definition) is 2. The number of aromatic nitrogens is 4. The minimum atomic E-state index is 0.571. The lowest BCUT2D eigenvalue weighted by Gasteiger charge is -2.13. The van der Waals surface area contributed by atoms with Crippen LogP contribution in [-0.2, 0) is 25.7 Å². The second-order valence-electron chi connectivity index (χ2n) is 12.7. The van der Waals surface area contributed by atoms with Crippen LogP contribution in [0.1, 0.15) is 70.7 Å². The van der Waals surface area contributed by atoms with Crippen LogP contribution in [0.2, 0.25) is 0 Å². The zero-order valence-electron chi connectivity index (χ0n) is 25.8. The molecule has 0 radical (unpaired) electrons. The summed E-state index contributed by atoms with van der Waals surface area (Å²) in [4.78, 5) is 2.11. The molecule has 1 aromatic carbocycles. The van der Waals surface area contributed by atoms with Gasteiger partial charge in [-0.3, -0.25) is 0 Å². The van der Waals surface area contributed by atoms with E-state index in [9.17, 15) is 0 Å². The highest BCUT2D eigenvalue weighted by atomic mass is 32.1. The van der Waals surface area contributed by atoms with Crippen LogP contribution in [-0.4, -0.2) is 17.9 Å². The highest BCUT2D eigenvalue weighted by molar-refractivity contribution is 7.18. The van der Waals surface area contributed by atoms with Gasteiger partial charge >= 0.3 is 0 Å². The first-order chi connectivity index (χ1) is 23.2. The Bertz CT molecular complexity index is 2150. The summed E-state index contributed by atoms with van der Waals surface area (Å²) in [7, 11) is 0. The van der Waals surface area contributed by atoms with Crippen molar-refractivity contribution in [3.05, 3.63) is 93.6 Å². The summed E-state index contributed by atoms with van der Waals surface area (Å²) < 4.78 is 14.5. The minimum Gasteiger partial charge on any atom is -0.396 e. The van der Waals surface area contributed by atoms with Gasteiger partial charge in [-0.05, 0) is 122 Å². The number of nitrogen functional groups attached to an aromatic ring is 2. The Morgan fingerprint density at radius 3 is 1.23 bits per heavy atom. The Hall–Kier alpha value is -4.44. The minimum absolute atomic E-state index is 0.571. The summed E-state index contributed by atoms with van der Waals surface area (Å²) in [6.07, 6.45) is 27.3. The van der Waals surface area contributed by atoms with E-state index in [2.05, 4.69) is 82.0 Å². The summed E-state index contributed by atoms with van der Waals surface area (Å²) in [5.74, 6) is 0. The third kappa shape index (κ3) is 4.00. The SMILES string of the molecule is Nc1c(N)c(-c2ccc(-n3c4c(c5c3C=CCC5)CCC=C4)s2)c2nsnc2c1-c1ccc(-n2c3c(c4c2C=CCC4)CCC=C3)s1. The van der Waals surface area contributed by atoms with Crippen molar-refractivity contribution in [1.82, 2.24) is 17.9 Å². The Labute approximate surface area is 285 Å². The first-order valence-electron chi connectivity index (χ1n) is 16.4. The highest BCUT2D eigenvalue weighted by Gasteiger charge is 2.28. The second-order valence-corrected chi connectivity index (χ2v) is 15.4. The lowest BCUT2D eigenvalue weighted by Crippen LogP contribution is -2.01. The zero-order chi connectivity index (χ0) is 31.2. The number of hydrogen-bond acceptors (Lipinski definition) is 7. The van der Waals surface area contributed by atoms with E-state index in [1.165, 1.54) is 66.8 Å². The summed E-state index contributed by atoms with van der Waals surface area (Å²) in [6.45, 7) is 0. The number of nitrogens with two attached hydrogens (primary N) is 2. The van der Waals surface area contributed by atoms with Crippen LogP contribution in [0.4, 0.5) is 11.4 Å². The molecule has 4 aliphatic rings. The van der Waals surface area contributed by atoms with Crippen molar-refractivity contribution >= 4 is 81.1 Å². The topological polar surface area (TPSA) is 87.7 Å². The Morgan fingerprint density at radius 2 is 0.872 bits per heavy atom. The van der Waals surface area contributed by atoms with Crippen molar-refractivity contribution in [3.8, 4) is 30.9 Å². The molecule has 0 saturated carbocycles. The number of fused-ring (bicyclic) bond motifs is 7. The van der Waals surface area contributed by atoms with Crippen LogP contribution in [0.5, 0.6) is 0 Å². The van der Waals surface area contributed by atoms with E-state index in [0.29, 0.717) is 11.4 Å². The van der Waals surface area contributed by atoms with Crippen molar-refractivity contribution in [2.75, 3.05) is 11.5 Å². The Morgan fingerprint density at radius 1 is 0.511 bits per heavy atom. The van der Waals surface area contributed by atoms with Crippen LogP contribution in [0.15, 0.2) is 48.6 Å². The second kappa shape index (κ2) is 10.5. The maximum atomic E-state index is 6.98. The molecule has 5 heterocycles. The number of anilines is 2. The molecule has 0 spiro atoms. The molecule has 5 aromatic heterocycles. The smallest absolute Gasteiger partial charge is 0.116 e. The molecule has 0 atom stereocenters. The van der Waals surface area contributed by atoms with Gasteiger partial charge in [0.15, 0.2) is 0 Å². The molecule has 0 saturated heterocycles. The van der Waals surface area contributed by atoms with Gasteiger partial charge in [0.2, 0.25) is 0 Å². The quantitative estimate of drug-likeness (QED) is 0.183. The van der Waals surface area contributed by atoms with Gasteiger partial charge in [-0.1, -0.05) is 24.3 Å². The van der Waals surface area contributed by atoms with Crippen LogP contribution >= 0.6 is 34.4 Å². The van der Waals surface area contributed by atoms with E-state index in [1.54, 1.807) is 22.7 Å². The van der Waals surface area contributed by atoms with E-state index in [0.717, 1.165) is 83.3 Å². The fourth-order valence-corrected chi connectivity index (χ4v) is 10.9. The van der Waals surface area contributed by atoms with Crippen molar-refractivity contribution in [2.24, 2.45) is 0 Å². The molecular weight excluding hydrogens is 637 g/mol. The van der Waals surface area contributed by atoms with Crippen molar-refractivity contribution in [3.63, 3.8) is 0 Å². The molecule has 6 nitrogen and oxygen atoms in total. The molecular formula is C38H32N6S3. The maximum Gasteiger partial charge on any atom is 0.116 e. The number of allylic oxidation sites excluding steroid dienone is 4. The predicted molar refractivity (Wildman–Crippen MR) is 201 cm³/mol. The molecule has 0 unspecified atom stereocenters. The van der Waals surface area contributed by atoms with Gasteiger partial charge in [0.25, 0.3) is 0 Å². The normalized spacial score (nSPS) is 16.1.